The molecule has 0 aromatic heterocycles. The molecular formula is C16H15BrINO4S. The summed E-state index contributed by atoms with van der Waals surface area (Å²) in [7, 11) is -3.77. The van der Waals surface area contributed by atoms with Gasteiger partial charge < -0.3 is 5.11 Å². The summed E-state index contributed by atoms with van der Waals surface area (Å²) < 4.78 is 28.9. The van der Waals surface area contributed by atoms with Crippen molar-refractivity contribution in [3.8, 4) is 0 Å². The first kappa shape index (κ1) is 19.2. The van der Waals surface area contributed by atoms with Crippen LogP contribution in [0.3, 0.4) is 0 Å². The van der Waals surface area contributed by atoms with Crippen LogP contribution < -0.4 is 4.31 Å². The van der Waals surface area contributed by atoms with Crippen LogP contribution in [0, 0.1) is 3.57 Å². The van der Waals surface area contributed by atoms with Crippen LogP contribution in [0.1, 0.15) is 12.8 Å². The predicted octanol–water partition coefficient (Wildman–Crippen LogP) is 4.11. The van der Waals surface area contributed by atoms with Gasteiger partial charge in [-0.05, 0) is 71.5 Å². The maximum absolute atomic E-state index is 13.0. The molecule has 128 valence electrons. The lowest BCUT2D eigenvalue weighted by atomic mass is 10.3. The second kappa shape index (κ2) is 8.30. The van der Waals surface area contributed by atoms with Crippen LogP contribution in [0.15, 0.2) is 57.9 Å². The highest BCUT2D eigenvalue weighted by molar-refractivity contribution is 14.1. The standard InChI is InChI=1S/C16H15BrINO4S/c17-12-6-8-15(9-7-12)24(22,23)19(10-2-5-16(20)21)14-4-1-3-13(18)11-14/h1,3-4,6-9,11H,2,5,10H2,(H,20,21). The second-order valence-electron chi connectivity index (χ2n) is 5.01. The molecule has 0 spiro atoms. The largest absolute Gasteiger partial charge is 0.481 e. The number of halogens is 2. The number of carboxylic acid groups (broad SMARTS) is 1. The van der Waals surface area contributed by atoms with Crippen LogP contribution in [0.5, 0.6) is 0 Å². The Hall–Kier alpha value is -1.13. The van der Waals surface area contributed by atoms with Gasteiger partial charge in [-0.25, -0.2) is 8.42 Å². The number of rotatable bonds is 7. The van der Waals surface area contributed by atoms with Gasteiger partial charge >= 0.3 is 5.97 Å². The SMILES string of the molecule is O=C(O)CCCN(c1cccc(I)c1)S(=O)(=O)c1ccc(Br)cc1. The van der Waals surface area contributed by atoms with Crippen LogP contribution in [0.4, 0.5) is 5.69 Å². The van der Waals surface area contributed by atoms with E-state index in [1.807, 2.05) is 6.07 Å². The number of nitrogens with zero attached hydrogens (tertiary/aromatic N) is 1. The van der Waals surface area contributed by atoms with E-state index in [9.17, 15) is 13.2 Å². The highest BCUT2D eigenvalue weighted by Crippen LogP contribution is 2.26. The van der Waals surface area contributed by atoms with Crippen molar-refractivity contribution in [3.05, 3.63) is 56.6 Å². The lowest BCUT2D eigenvalue weighted by Gasteiger charge is -2.24. The fourth-order valence-corrected chi connectivity index (χ4v) is 4.41. The van der Waals surface area contributed by atoms with E-state index in [4.69, 9.17) is 5.11 Å². The summed E-state index contributed by atoms with van der Waals surface area (Å²) in [6.45, 7) is 0.102. The Kier molecular flexibility index (Phi) is 6.64. The Morgan fingerprint density at radius 3 is 2.42 bits per heavy atom. The molecule has 0 aliphatic rings. The lowest BCUT2D eigenvalue weighted by Crippen LogP contribution is -2.32. The summed E-state index contributed by atoms with van der Waals surface area (Å²) in [5.41, 5.74) is 0.523. The van der Waals surface area contributed by atoms with Crippen molar-refractivity contribution in [2.45, 2.75) is 17.7 Å². The van der Waals surface area contributed by atoms with Gasteiger partial charge in [0.15, 0.2) is 0 Å². The minimum atomic E-state index is -3.77. The molecule has 5 nitrogen and oxygen atoms in total. The number of sulfonamides is 1. The molecule has 0 amide bonds. The van der Waals surface area contributed by atoms with Gasteiger partial charge in [-0.15, -0.1) is 0 Å². The third-order valence-corrected chi connectivity index (χ3v) is 6.29. The molecule has 0 heterocycles. The van der Waals surface area contributed by atoms with Gasteiger partial charge in [-0.2, -0.15) is 0 Å². The van der Waals surface area contributed by atoms with Gasteiger partial charge in [0.05, 0.1) is 10.6 Å². The second-order valence-corrected chi connectivity index (χ2v) is 9.03. The van der Waals surface area contributed by atoms with Crippen molar-refractivity contribution >= 4 is 60.2 Å². The lowest BCUT2D eigenvalue weighted by molar-refractivity contribution is -0.137. The molecule has 0 aliphatic carbocycles. The Balaban J connectivity index is 2.40. The van der Waals surface area contributed by atoms with Gasteiger partial charge in [0.2, 0.25) is 0 Å². The fraction of sp³-hybridized carbons (Fsp3) is 0.188. The van der Waals surface area contributed by atoms with Crippen molar-refractivity contribution in [1.29, 1.82) is 0 Å². The zero-order valence-corrected chi connectivity index (χ0v) is 17.1. The maximum Gasteiger partial charge on any atom is 0.303 e. The summed E-state index contributed by atoms with van der Waals surface area (Å²) in [6.07, 6.45) is 0.146. The Bertz CT molecular complexity index is 824. The number of benzene rings is 2. The van der Waals surface area contributed by atoms with Crippen LogP contribution in [0.2, 0.25) is 0 Å². The van der Waals surface area contributed by atoms with E-state index in [0.717, 1.165) is 8.04 Å². The predicted molar refractivity (Wildman–Crippen MR) is 105 cm³/mol. The van der Waals surface area contributed by atoms with E-state index in [0.29, 0.717) is 5.69 Å². The first-order valence-electron chi connectivity index (χ1n) is 7.06. The number of aliphatic carboxylic acids is 1. The molecule has 2 rings (SSSR count). The van der Waals surface area contributed by atoms with Crippen LogP contribution in [-0.4, -0.2) is 26.0 Å². The van der Waals surface area contributed by atoms with Crippen molar-refractivity contribution in [1.82, 2.24) is 0 Å². The number of hydrogen-bond donors (Lipinski definition) is 1. The Morgan fingerprint density at radius 1 is 1.17 bits per heavy atom. The molecule has 0 unspecified atom stereocenters. The van der Waals surface area contributed by atoms with Crippen molar-refractivity contribution < 1.29 is 18.3 Å². The van der Waals surface area contributed by atoms with E-state index >= 15 is 0 Å². The summed E-state index contributed by atoms with van der Waals surface area (Å²) in [4.78, 5) is 10.9. The monoisotopic (exact) mass is 523 g/mol. The molecule has 0 bridgehead atoms. The zero-order chi connectivity index (χ0) is 17.7. The smallest absolute Gasteiger partial charge is 0.303 e. The van der Waals surface area contributed by atoms with Crippen LogP contribution >= 0.6 is 38.5 Å². The summed E-state index contributed by atoms with van der Waals surface area (Å²) in [5.74, 6) is -0.946. The zero-order valence-electron chi connectivity index (χ0n) is 12.5. The molecule has 2 aromatic rings. The van der Waals surface area contributed by atoms with Gasteiger partial charge in [0.25, 0.3) is 10.0 Å². The van der Waals surface area contributed by atoms with E-state index in [-0.39, 0.29) is 24.3 Å². The maximum atomic E-state index is 13.0. The molecule has 0 saturated carbocycles. The molecule has 0 aliphatic heterocycles. The molecule has 24 heavy (non-hydrogen) atoms. The van der Waals surface area contributed by atoms with E-state index in [1.165, 1.54) is 16.4 Å². The third-order valence-electron chi connectivity index (χ3n) is 3.25. The average molecular weight is 524 g/mol. The quantitative estimate of drug-likeness (QED) is 0.554. The number of hydrogen-bond acceptors (Lipinski definition) is 3. The van der Waals surface area contributed by atoms with Crippen molar-refractivity contribution in [2.24, 2.45) is 0 Å². The molecular weight excluding hydrogens is 509 g/mol. The molecule has 0 fully saturated rings. The fourth-order valence-electron chi connectivity index (χ4n) is 2.13. The van der Waals surface area contributed by atoms with E-state index < -0.39 is 16.0 Å². The summed E-state index contributed by atoms with van der Waals surface area (Å²) in [5, 5.41) is 8.82. The molecule has 0 atom stereocenters. The van der Waals surface area contributed by atoms with E-state index in [1.54, 1.807) is 30.3 Å². The van der Waals surface area contributed by atoms with Gasteiger partial charge in [-0.3, -0.25) is 9.10 Å². The minimum Gasteiger partial charge on any atom is -0.481 e. The average Bonchev–Trinajstić information content (AvgIpc) is 2.51. The topological polar surface area (TPSA) is 74.7 Å². The first-order chi connectivity index (χ1) is 11.3. The van der Waals surface area contributed by atoms with Gasteiger partial charge in [0.1, 0.15) is 0 Å². The molecule has 2 aromatic carbocycles. The van der Waals surface area contributed by atoms with E-state index in [2.05, 4.69) is 38.5 Å². The van der Waals surface area contributed by atoms with Crippen molar-refractivity contribution in [2.75, 3.05) is 10.8 Å². The summed E-state index contributed by atoms with van der Waals surface area (Å²) in [6, 6.07) is 13.5. The van der Waals surface area contributed by atoms with Crippen molar-refractivity contribution in [3.63, 3.8) is 0 Å². The van der Waals surface area contributed by atoms with Gasteiger partial charge in [-0.1, -0.05) is 22.0 Å². The highest BCUT2D eigenvalue weighted by Gasteiger charge is 2.25. The number of carboxylic acids is 1. The van der Waals surface area contributed by atoms with Crippen LogP contribution in [0.25, 0.3) is 0 Å². The normalized spacial score (nSPS) is 11.2. The number of anilines is 1. The minimum absolute atomic E-state index is 0.0870. The molecule has 0 saturated heterocycles. The Labute approximate surface area is 163 Å². The molecule has 0 radical (unpaired) electrons. The van der Waals surface area contributed by atoms with Gasteiger partial charge in [0, 0.05) is 21.0 Å². The highest BCUT2D eigenvalue weighted by atomic mass is 127. The number of carbonyl (C=O) groups is 1. The third kappa shape index (κ3) is 4.93. The van der Waals surface area contributed by atoms with Crippen LogP contribution in [-0.2, 0) is 14.8 Å². The summed E-state index contributed by atoms with van der Waals surface area (Å²) >= 11 is 5.40. The first-order valence-corrected chi connectivity index (χ1v) is 10.4. The Morgan fingerprint density at radius 2 is 1.83 bits per heavy atom. The molecule has 8 heteroatoms. The molecule has 1 N–H and O–H groups in total.